The average molecular weight is 301 g/mol. The van der Waals surface area contributed by atoms with E-state index in [0.717, 1.165) is 39.5 Å². The molecule has 5 nitrogen and oxygen atoms in total. The molecule has 0 saturated carbocycles. The van der Waals surface area contributed by atoms with E-state index in [0.29, 0.717) is 0 Å². The van der Waals surface area contributed by atoms with E-state index in [-0.39, 0.29) is 0 Å². The number of H-pyrrole nitrogens is 1. The third-order valence-corrected chi connectivity index (χ3v) is 3.62. The number of aryl methyl sites for hydroxylation is 1. The van der Waals surface area contributed by atoms with Gasteiger partial charge in [0, 0.05) is 22.7 Å². The van der Waals surface area contributed by atoms with Crippen LogP contribution in [0.4, 0.5) is 11.5 Å². The minimum absolute atomic E-state index is 0.733. The summed E-state index contributed by atoms with van der Waals surface area (Å²) in [5, 5.41) is 11.4. The van der Waals surface area contributed by atoms with Crippen molar-refractivity contribution in [3.05, 3.63) is 66.6 Å². The van der Waals surface area contributed by atoms with Crippen molar-refractivity contribution in [1.82, 2.24) is 20.2 Å². The van der Waals surface area contributed by atoms with Gasteiger partial charge < -0.3 is 5.32 Å². The summed E-state index contributed by atoms with van der Waals surface area (Å²) < 4.78 is 0. The van der Waals surface area contributed by atoms with Gasteiger partial charge in [0.25, 0.3) is 0 Å². The summed E-state index contributed by atoms with van der Waals surface area (Å²) in [4.78, 5) is 8.99. The van der Waals surface area contributed by atoms with Gasteiger partial charge >= 0.3 is 0 Å². The largest absolute Gasteiger partial charge is 0.340 e. The third kappa shape index (κ3) is 2.76. The van der Waals surface area contributed by atoms with Crippen molar-refractivity contribution < 1.29 is 0 Å². The van der Waals surface area contributed by atoms with Crippen LogP contribution in [0.3, 0.4) is 0 Å². The predicted octanol–water partition coefficient (Wildman–Crippen LogP) is 4.07. The summed E-state index contributed by atoms with van der Waals surface area (Å²) in [5.41, 5.74) is 3.93. The number of nitrogens with one attached hydrogen (secondary N) is 2. The lowest BCUT2D eigenvalue weighted by molar-refractivity contribution is 1.06. The first-order chi connectivity index (χ1) is 11.3. The second-order valence-electron chi connectivity index (χ2n) is 5.35. The van der Waals surface area contributed by atoms with Crippen LogP contribution in [-0.2, 0) is 0 Å². The molecule has 0 unspecified atom stereocenters. The molecule has 112 valence electrons. The number of hydrogen-bond acceptors (Lipinski definition) is 4. The fourth-order valence-corrected chi connectivity index (χ4v) is 2.55. The monoisotopic (exact) mass is 301 g/mol. The summed E-state index contributed by atoms with van der Waals surface area (Å²) in [7, 11) is 0. The Bertz CT molecular complexity index is 959. The Morgan fingerprint density at radius 2 is 1.83 bits per heavy atom. The van der Waals surface area contributed by atoms with Crippen molar-refractivity contribution in [1.29, 1.82) is 0 Å². The highest BCUT2D eigenvalue weighted by molar-refractivity contribution is 5.82. The van der Waals surface area contributed by atoms with Gasteiger partial charge in [0.05, 0.1) is 17.4 Å². The lowest BCUT2D eigenvalue weighted by Gasteiger charge is -2.09. The molecule has 0 radical (unpaired) electrons. The van der Waals surface area contributed by atoms with Crippen LogP contribution >= 0.6 is 0 Å². The van der Waals surface area contributed by atoms with Crippen molar-refractivity contribution in [2.75, 3.05) is 5.32 Å². The highest BCUT2D eigenvalue weighted by Gasteiger charge is 2.05. The molecule has 0 aliphatic carbocycles. The van der Waals surface area contributed by atoms with Crippen LogP contribution in [-0.4, -0.2) is 20.2 Å². The molecule has 4 aromatic rings. The van der Waals surface area contributed by atoms with Crippen LogP contribution in [0.15, 0.2) is 60.8 Å². The zero-order chi connectivity index (χ0) is 15.6. The number of fused-ring (bicyclic) bond motifs is 1. The van der Waals surface area contributed by atoms with Gasteiger partial charge in [-0.15, -0.1) is 0 Å². The summed E-state index contributed by atoms with van der Waals surface area (Å²) in [5.74, 6) is 1.51. The molecule has 0 aliphatic heterocycles. The molecular formula is C18H15N5. The maximum Gasteiger partial charge on any atom is 0.134 e. The van der Waals surface area contributed by atoms with E-state index in [1.807, 2.05) is 67.7 Å². The normalized spacial score (nSPS) is 10.8. The Morgan fingerprint density at radius 3 is 2.70 bits per heavy atom. The van der Waals surface area contributed by atoms with Gasteiger partial charge in [0.2, 0.25) is 0 Å². The topological polar surface area (TPSA) is 66.5 Å². The minimum atomic E-state index is 0.733. The van der Waals surface area contributed by atoms with Crippen LogP contribution in [0, 0.1) is 6.92 Å². The molecule has 2 aromatic heterocycles. The number of hydrogen-bond donors (Lipinski definition) is 2. The fourth-order valence-electron chi connectivity index (χ4n) is 2.55. The van der Waals surface area contributed by atoms with Crippen molar-refractivity contribution in [2.24, 2.45) is 0 Å². The fraction of sp³-hybridized carbons (Fsp3) is 0.0556. The van der Waals surface area contributed by atoms with E-state index < -0.39 is 0 Å². The summed E-state index contributed by atoms with van der Waals surface area (Å²) in [6.07, 6.45) is 1.81. The van der Waals surface area contributed by atoms with Gasteiger partial charge in [0.15, 0.2) is 0 Å². The molecule has 0 aliphatic rings. The lowest BCUT2D eigenvalue weighted by Crippen LogP contribution is -1.98. The first-order valence-corrected chi connectivity index (χ1v) is 7.39. The second kappa shape index (κ2) is 5.53. The Hall–Kier alpha value is -3.21. The molecule has 0 spiro atoms. The number of anilines is 2. The molecule has 0 fully saturated rings. The third-order valence-electron chi connectivity index (χ3n) is 3.62. The van der Waals surface area contributed by atoms with Gasteiger partial charge in [-0.2, -0.15) is 5.10 Å². The van der Waals surface area contributed by atoms with Crippen LogP contribution in [0.25, 0.3) is 22.2 Å². The molecule has 4 rings (SSSR count). The number of benzene rings is 2. The van der Waals surface area contributed by atoms with E-state index in [1.54, 1.807) is 0 Å². The predicted molar refractivity (Wildman–Crippen MR) is 91.6 cm³/mol. The lowest BCUT2D eigenvalue weighted by atomic mass is 10.1. The highest BCUT2D eigenvalue weighted by Crippen LogP contribution is 2.23. The SMILES string of the molecule is Cc1nc(Nc2ccc3cn[nH]c3c2)cc(-c2ccccc2)n1. The van der Waals surface area contributed by atoms with Gasteiger partial charge in [-0.3, -0.25) is 5.10 Å². The maximum absolute atomic E-state index is 4.52. The van der Waals surface area contributed by atoms with Crippen molar-refractivity contribution in [3.63, 3.8) is 0 Å². The van der Waals surface area contributed by atoms with E-state index in [2.05, 4.69) is 25.5 Å². The minimum Gasteiger partial charge on any atom is -0.340 e. The average Bonchev–Trinajstić information content (AvgIpc) is 3.03. The molecule has 0 bridgehead atoms. The summed E-state index contributed by atoms with van der Waals surface area (Å²) in [6.45, 7) is 1.90. The Kier molecular flexibility index (Phi) is 3.24. The smallest absolute Gasteiger partial charge is 0.134 e. The van der Waals surface area contributed by atoms with E-state index >= 15 is 0 Å². The standard InChI is InChI=1S/C18H15N5/c1-12-20-16(13-5-3-2-4-6-13)10-18(21-12)22-15-8-7-14-11-19-23-17(14)9-15/h2-11H,1H3,(H,19,23)(H,20,21,22). The van der Waals surface area contributed by atoms with Gasteiger partial charge in [-0.05, 0) is 25.1 Å². The Labute approximate surface area is 133 Å². The molecule has 5 heteroatoms. The number of aromatic nitrogens is 4. The second-order valence-corrected chi connectivity index (χ2v) is 5.35. The highest BCUT2D eigenvalue weighted by atomic mass is 15.1. The van der Waals surface area contributed by atoms with Crippen LogP contribution in [0.1, 0.15) is 5.82 Å². The quantitative estimate of drug-likeness (QED) is 0.598. The molecule has 0 amide bonds. The molecule has 23 heavy (non-hydrogen) atoms. The van der Waals surface area contributed by atoms with Gasteiger partial charge in [-0.1, -0.05) is 30.3 Å². The van der Waals surface area contributed by atoms with Crippen molar-refractivity contribution in [2.45, 2.75) is 6.92 Å². The van der Waals surface area contributed by atoms with Crippen LogP contribution < -0.4 is 5.32 Å². The van der Waals surface area contributed by atoms with Gasteiger partial charge in [0.1, 0.15) is 11.6 Å². The summed E-state index contributed by atoms with van der Waals surface area (Å²) in [6, 6.07) is 18.1. The molecule has 2 aromatic carbocycles. The molecule has 2 heterocycles. The summed E-state index contributed by atoms with van der Waals surface area (Å²) >= 11 is 0. The molecule has 2 N–H and O–H groups in total. The number of rotatable bonds is 3. The van der Waals surface area contributed by atoms with E-state index in [9.17, 15) is 0 Å². The number of nitrogens with zero attached hydrogens (tertiary/aromatic N) is 3. The van der Waals surface area contributed by atoms with E-state index in [1.165, 1.54) is 0 Å². The van der Waals surface area contributed by atoms with Gasteiger partial charge in [-0.25, -0.2) is 9.97 Å². The maximum atomic E-state index is 4.52. The van der Waals surface area contributed by atoms with Crippen molar-refractivity contribution in [3.8, 4) is 11.3 Å². The number of aromatic amines is 1. The van der Waals surface area contributed by atoms with Crippen LogP contribution in [0.2, 0.25) is 0 Å². The Morgan fingerprint density at radius 1 is 0.957 bits per heavy atom. The first-order valence-electron chi connectivity index (χ1n) is 7.39. The van der Waals surface area contributed by atoms with Crippen LogP contribution in [0.5, 0.6) is 0 Å². The molecule has 0 atom stereocenters. The first kappa shape index (κ1) is 13.5. The molecule has 0 saturated heterocycles. The molecular weight excluding hydrogens is 286 g/mol. The zero-order valence-corrected chi connectivity index (χ0v) is 12.6. The van der Waals surface area contributed by atoms with Crippen molar-refractivity contribution >= 4 is 22.4 Å². The zero-order valence-electron chi connectivity index (χ0n) is 12.6. The van der Waals surface area contributed by atoms with E-state index in [4.69, 9.17) is 0 Å². The Balaban J connectivity index is 1.69.